The molecule has 0 saturated carbocycles. The maximum absolute atomic E-state index is 13.0. The number of nitrogens with one attached hydrogen (secondary N) is 1. The highest BCUT2D eigenvalue weighted by Gasteiger charge is 2.30. The fraction of sp³-hybridized carbons (Fsp3) is 0.417. The van der Waals surface area contributed by atoms with E-state index in [1.54, 1.807) is 6.07 Å². The smallest absolute Gasteiger partial charge is 0.367 e. The maximum atomic E-state index is 13.0. The molecule has 9 heteroatoms. The number of rotatable bonds is 7. The Morgan fingerprint density at radius 3 is 2.36 bits per heavy atom. The molecule has 1 aromatic heterocycles. The Hall–Kier alpha value is -2.91. The molecule has 4 rings (SSSR count). The van der Waals surface area contributed by atoms with E-state index in [4.69, 9.17) is 0 Å². The summed E-state index contributed by atoms with van der Waals surface area (Å²) in [4.78, 5) is 6.50. The van der Waals surface area contributed by atoms with E-state index in [2.05, 4.69) is 42.3 Å². The topological polar surface area (TPSA) is 47.5 Å². The molecule has 0 unspecified atom stereocenters. The minimum atomic E-state index is -4.32. The number of nitrogens with zero attached hydrogens (tertiary/aromatic N) is 5. The van der Waals surface area contributed by atoms with Gasteiger partial charge in [-0.1, -0.05) is 42.5 Å². The zero-order chi connectivity index (χ0) is 23.4. The van der Waals surface area contributed by atoms with Crippen LogP contribution >= 0.6 is 0 Å². The summed E-state index contributed by atoms with van der Waals surface area (Å²) in [5, 5.41) is 14.4. The number of likely N-dealkylation sites (N-methyl/N-ethyl adjacent to an activating group) is 1. The van der Waals surface area contributed by atoms with Crippen LogP contribution in [0.2, 0.25) is 0 Å². The van der Waals surface area contributed by atoms with Gasteiger partial charge in [-0.15, -0.1) is 10.2 Å². The van der Waals surface area contributed by atoms with Crippen molar-refractivity contribution in [3.63, 3.8) is 0 Å². The number of anilines is 2. The average Bonchev–Trinajstić information content (AvgIpc) is 2.79. The molecular formula is C24H29F3N6. The standard InChI is InChI=1S/C24H29F3N6/c1-31(2)11-10-28-22-20-8-3-4-9-21(20)23(30-29-22)33-14-12-32(13-15-33)17-18-6-5-7-19(16-18)24(25,26)27/h3-9,16H,10-15,17H2,1-2H3,(H,28,29). The molecule has 0 aliphatic carbocycles. The van der Waals surface area contributed by atoms with Crippen LogP contribution in [0.15, 0.2) is 48.5 Å². The van der Waals surface area contributed by atoms with Gasteiger partial charge in [0.2, 0.25) is 0 Å². The zero-order valence-corrected chi connectivity index (χ0v) is 18.9. The molecule has 1 N–H and O–H groups in total. The van der Waals surface area contributed by atoms with Crippen molar-refractivity contribution in [1.82, 2.24) is 20.0 Å². The lowest BCUT2D eigenvalue weighted by molar-refractivity contribution is -0.137. The third-order valence-corrected chi connectivity index (χ3v) is 5.85. The van der Waals surface area contributed by atoms with Crippen molar-refractivity contribution in [1.29, 1.82) is 0 Å². The Balaban J connectivity index is 1.43. The molecule has 0 bridgehead atoms. The highest BCUT2D eigenvalue weighted by atomic mass is 19.4. The van der Waals surface area contributed by atoms with Gasteiger partial charge in [-0.05, 0) is 25.7 Å². The van der Waals surface area contributed by atoms with Gasteiger partial charge in [0.05, 0.1) is 5.56 Å². The summed E-state index contributed by atoms with van der Waals surface area (Å²) in [6.45, 7) is 5.14. The Labute approximate surface area is 192 Å². The molecule has 0 amide bonds. The Kier molecular flexibility index (Phi) is 6.99. The molecule has 0 spiro atoms. The molecule has 2 heterocycles. The predicted octanol–water partition coefficient (Wildman–Crippen LogP) is 3.94. The van der Waals surface area contributed by atoms with Gasteiger partial charge in [-0.25, -0.2) is 0 Å². The first kappa shape index (κ1) is 23.3. The highest BCUT2D eigenvalue weighted by Crippen LogP contribution is 2.31. The molecule has 6 nitrogen and oxygen atoms in total. The number of hydrogen-bond donors (Lipinski definition) is 1. The third kappa shape index (κ3) is 5.72. The second-order valence-corrected chi connectivity index (χ2v) is 8.61. The first-order valence-corrected chi connectivity index (χ1v) is 11.1. The first-order valence-electron chi connectivity index (χ1n) is 11.1. The van der Waals surface area contributed by atoms with Crippen molar-refractivity contribution >= 4 is 22.4 Å². The van der Waals surface area contributed by atoms with E-state index in [9.17, 15) is 13.2 Å². The molecular weight excluding hydrogens is 429 g/mol. The van der Waals surface area contributed by atoms with Gasteiger partial charge in [-0.3, -0.25) is 4.90 Å². The van der Waals surface area contributed by atoms with Crippen LogP contribution in [0.1, 0.15) is 11.1 Å². The van der Waals surface area contributed by atoms with E-state index in [0.717, 1.165) is 67.7 Å². The lowest BCUT2D eigenvalue weighted by atomic mass is 10.1. The number of fused-ring (bicyclic) bond motifs is 1. The van der Waals surface area contributed by atoms with Crippen LogP contribution < -0.4 is 10.2 Å². The van der Waals surface area contributed by atoms with Crippen LogP contribution in [0.25, 0.3) is 10.8 Å². The molecule has 2 aromatic carbocycles. The van der Waals surface area contributed by atoms with Gasteiger partial charge in [-0.2, -0.15) is 13.2 Å². The number of hydrogen-bond acceptors (Lipinski definition) is 6. The molecule has 3 aromatic rings. The van der Waals surface area contributed by atoms with Crippen molar-refractivity contribution in [2.24, 2.45) is 0 Å². The van der Waals surface area contributed by atoms with Gasteiger partial charge in [0.1, 0.15) is 0 Å². The fourth-order valence-electron chi connectivity index (χ4n) is 4.07. The quantitative estimate of drug-likeness (QED) is 0.579. The molecule has 0 atom stereocenters. The monoisotopic (exact) mass is 458 g/mol. The summed E-state index contributed by atoms with van der Waals surface area (Å²) in [7, 11) is 4.06. The maximum Gasteiger partial charge on any atom is 0.416 e. The van der Waals surface area contributed by atoms with E-state index in [1.165, 1.54) is 12.1 Å². The molecule has 1 fully saturated rings. The van der Waals surface area contributed by atoms with Crippen LogP contribution in [0.4, 0.5) is 24.8 Å². The molecule has 176 valence electrons. The Bertz CT molecular complexity index is 1080. The van der Waals surface area contributed by atoms with Gasteiger partial charge < -0.3 is 15.1 Å². The van der Waals surface area contributed by atoms with Gasteiger partial charge in [0, 0.05) is 56.6 Å². The Morgan fingerprint density at radius 2 is 1.67 bits per heavy atom. The van der Waals surface area contributed by atoms with Crippen molar-refractivity contribution < 1.29 is 13.2 Å². The van der Waals surface area contributed by atoms with Gasteiger partial charge in [0.25, 0.3) is 0 Å². The Morgan fingerprint density at radius 1 is 0.939 bits per heavy atom. The molecule has 33 heavy (non-hydrogen) atoms. The second-order valence-electron chi connectivity index (χ2n) is 8.61. The fourth-order valence-corrected chi connectivity index (χ4v) is 4.07. The summed E-state index contributed by atoms with van der Waals surface area (Å²) in [5.41, 5.74) is 0.0799. The minimum absolute atomic E-state index is 0.499. The summed E-state index contributed by atoms with van der Waals surface area (Å²) in [5.74, 6) is 1.63. The van der Waals surface area contributed by atoms with E-state index in [0.29, 0.717) is 12.1 Å². The molecule has 0 radical (unpaired) electrons. The van der Waals surface area contributed by atoms with Crippen molar-refractivity contribution in [2.45, 2.75) is 12.7 Å². The summed E-state index contributed by atoms with van der Waals surface area (Å²) >= 11 is 0. The molecule has 1 aliphatic heterocycles. The SMILES string of the molecule is CN(C)CCNc1nnc(N2CCN(Cc3cccc(C(F)(F)F)c3)CC2)c2ccccc12. The zero-order valence-electron chi connectivity index (χ0n) is 18.9. The number of piperazine rings is 1. The second kappa shape index (κ2) is 9.93. The largest absolute Gasteiger partial charge is 0.416 e. The lowest BCUT2D eigenvalue weighted by Gasteiger charge is -2.35. The summed E-state index contributed by atoms with van der Waals surface area (Å²) < 4.78 is 39.0. The minimum Gasteiger partial charge on any atom is -0.367 e. The highest BCUT2D eigenvalue weighted by molar-refractivity contribution is 5.98. The van der Waals surface area contributed by atoms with Crippen LogP contribution in [-0.4, -0.2) is 73.4 Å². The lowest BCUT2D eigenvalue weighted by Crippen LogP contribution is -2.46. The normalized spacial score (nSPS) is 15.4. The van der Waals surface area contributed by atoms with E-state index >= 15 is 0 Å². The van der Waals surface area contributed by atoms with Crippen molar-refractivity contribution in [3.8, 4) is 0 Å². The van der Waals surface area contributed by atoms with Crippen molar-refractivity contribution in [3.05, 3.63) is 59.7 Å². The van der Waals surface area contributed by atoms with Gasteiger partial charge in [0.15, 0.2) is 11.6 Å². The number of alkyl halides is 3. The van der Waals surface area contributed by atoms with Crippen LogP contribution in [0.5, 0.6) is 0 Å². The molecule has 1 aliphatic rings. The van der Waals surface area contributed by atoms with E-state index in [1.807, 2.05) is 26.2 Å². The summed E-state index contributed by atoms with van der Waals surface area (Å²) in [6.07, 6.45) is -4.32. The van der Waals surface area contributed by atoms with E-state index in [-0.39, 0.29) is 0 Å². The van der Waals surface area contributed by atoms with Gasteiger partial charge >= 0.3 is 6.18 Å². The average molecular weight is 459 g/mol. The third-order valence-electron chi connectivity index (χ3n) is 5.85. The number of halogens is 3. The van der Waals surface area contributed by atoms with E-state index < -0.39 is 11.7 Å². The number of aromatic nitrogens is 2. The van der Waals surface area contributed by atoms with Crippen molar-refractivity contribution in [2.75, 3.05) is 63.6 Å². The number of benzene rings is 2. The van der Waals surface area contributed by atoms with Crippen LogP contribution in [0, 0.1) is 0 Å². The molecule has 1 saturated heterocycles. The van der Waals surface area contributed by atoms with Crippen LogP contribution in [0.3, 0.4) is 0 Å². The predicted molar refractivity (Wildman–Crippen MR) is 126 cm³/mol. The summed E-state index contributed by atoms with van der Waals surface area (Å²) in [6, 6.07) is 13.7. The first-order chi connectivity index (χ1) is 15.8. The van der Waals surface area contributed by atoms with Crippen LogP contribution in [-0.2, 0) is 12.7 Å².